The van der Waals surface area contributed by atoms with E-state index in [-0.39, 0.29) is 0 Å². The second-order valence-corrected chi connectivity index (χ2v) is 6.30. The molecule has 1 N–H and O–H groups in total. The van der Waals surface area contributed by atoms with E-state index in [1.54, 1.807) is 0 Å². The number of hydrogen-bond donors (Lipinski definition) is 1. The van der Waals surface area contributed by atoms with Gasteiger partial charge in [-0.2, -0.15) is 0 Å². The number of fused-ring (bicyclic) bond motifs is 3. The lowest BCUT2D eigenvalue weighted by atomic mass is 9.59. The molecule has 86 valence electrons. The summed E-state index contributed by atoms with van der Waals surface area (Å²) >= 11 is 0. The van der Waals surface area contributed by atoms with E-state index in [4.69, 9.17) is 0 Å². The first kappa shape index (κ1) is 9.47. The first-order valence-corrected chi connectivity index (χ1v) is 6.88. The van der Waals surface area contributed by atoms with E-state index in [0.29, 0.717) is 11.8 Å². The molecule has 0 aromatic rings. The summed E-state index contributed by atoms with van der Waals surface area (Å²) in [5.74, 6) is 2.71. The molecule has 0 saturated heterocycles. The van der Waals surface area contributed by atoms with Gasteiger partial charge >= 0.3 is 0 Å². The zero-order valence-electron chi connectivity index (χ0n) is 9.73. The van der Waals surface area contributed by atoms with Crippen molar-refractivity contribution in [2.75, 3.05) is 0 Å². The molecule has 5 atom stereocenters. The van der Waals surface area contributed by atoms with Crippen LogP contribution in [0.2, 0.25) is 0 Å². The Hall–Kier alpha value is -0.560. The molecule has 1 nitrogen and oxygen atoms in total. The first-order valence-electron chi connectivity index (χ1n) is 6.88. The van der Waals surface area contributed by atoms with Crippen LogP contribution in [0.5, 0.6) is 0 Å². The average molecular weight is 216 g/mol. The summed E-state index contributed by atoms with van der Waals surface area (Å²) in [6.07, 6.45) is 14.5. The van der Waals surface area contributed by atoms with Crippen molar-refractivity contribution >= 4 is 0 Å². The highest BCUT2D eigenvalue weighted by Gasteiger charge is 2.52. The predicted molar refractivity (Wildman–Crippen MR) is 63.8 cm³/mol. The molecule has 16 heavy (non-hydrogen) atoms. The van der Waals surface area contributed by atoms with Gasteiger partial charge in [-0.1, -0.05) is 18.2 Å². The molecule has 0 aromatic carbocycles. The molecule has 2 bridgehead atoms. The van der Waals surface area contributed by atoms with Crippen molar-refractivity contribution in [2.45, 2.75) is 44.1 Å². The van der Waals surface area contributed by atoms with E-state index in [9.17, 15) is 5.11 Å². The monoisotopic (exact) mass is 216 g/mol. The summed E-state index contributed by atoms with van der Waals surface area (Å²) in [7, 11) is 0. The van der Waals surface area contributed by atoms with E-state index >= 15 is 0 Å². The molecule has 0 radical (unpaired) electrons. The van der Waals surface area contributed by atoms with Crippen molar-refractivity contribution in [3.63, 3.8) is 0 Å². The van der Waals surface area contributed by atoms with Crippen LogP contribution in [0.3, 0.4) is 0 Å². The molecule has 0 aromatic heterocycles. The molecule has 5 aliphatic rings. The Morgan fingerprint density at radius 1 is 1.12 bits per heavy atom. The van der Waals surface area contributed by atoms with E-state index in [1.165, 1.54) is 37.7 Å². The summed E-state index contributed by atoms with van der Waals surface area (Å²) in [6.45, 7) is 0. The maximum atomic E-state index is 11.1. The average Bonchev–Trinajstić information content (AvgIpc) is 2.56. The normalized spacial score (nSPS) is 53.4. The third kappa shape index (κ3) is 1.05. The lowest BCUT2D eigenvalue weighted by Gasteiger charge is -2.49. The molecule has 0 amide bonds. The van der Waals surface area contributed by atoms with Crippen LogP contribution < -0.4 is 0 Å². The van der Waals surface area contributed by atoms with E-state index in [1.807, 2.05) is 0 Å². The number of aliphatic hydroxyl groups is 1. The summed E-state index contributed by atoms with van der Waals surface area (Å²) in [4.78, 5) is 0. The molecule has 2 saturated carbocycles. The molecule has 5 aliphatic carbocycles. The zero-order chi connectivity index (χ0) is 10.8. The van der Waals surface area contributed by atoms with E-state index in [2.05, 4.69) is 18.2 Å². The fraction of sp³-hybridized carbons (Fsp3) is 0.733. The molecule has 1 heteroatoms. The second-order valence-electron chi connectivity index (χ2n) is 6.30. The predicted octanol–water partition coefficient (Wildman–Crippen LogP) is 3.06. The smallest absolute Gasteiger partial charge is 0.0927 e. The van der Waals surface area contributed by atoms with Crippen molar-refractivity contribution in [1.29, 1.82) is 0 Å². The SMILES string of the molecule is O[C@]1(C2=CC[C@@H]3CC[C@H]23)C[C@H]2C=C[C@@H]1CC2. The minimum atomic E-state index is -0.447. The van der Waals surface area contributed by atoms with Gasteiger partial charge in [-0.3, -0.25) is 0 Å². The van der Waals surface area contributed by atoms with Crippen LogP contribution in [0.1, 0.15) is 38.5 Å². The number of rotatable bonds is 1. The van der Waals surface area contributed by atoms with Crippen molar-refractivity contribution in [1.82, 2.24) is 0 Å². The van der Waals surface area contributed by atoms with Gasteiger partial charge in [0.05, 0.1) is 5.60 Å². The summed E-state index contributed by atoms with van der Waals surface area (Å²) in [5, 5.41) is 11.1. The summed E-state index contributed by atoms with van der Waals surface area (Å²) in [6, 6.07) is 0. The van der Waals surface area contributed by atoms with Gasteiger partial charge in [0.25, 0.3) is 0 Å². The number of allylic oxidation sites excluding steroid dienone is 2. The fourth-order valence-corrected chi connectivity index (χ4v) is 4.52. The molecule has 0 aliphatic heterocycles. The minimum absolute atomic E-state index is 0.420. The van der Waals surface area contributed by atoms with Gasteiger partial charge in [-0.25, -0.2) is 0 Å². The minimum Gasteiger partial charge on any atom is -0.385 e. The Balaban J connectivity index is 1.69. The van der Waals surface area contributed by atoms with Gasteiger partial charge in [-0.05, 0) is 61.9 Å². The Morgan fingerprint density at radius 3 is 2.56 bits per heavy atom. The Bertz CT molecular complexity index is 381. The van der Waals surface area contributed by atoms with Crippen molar-refractivity contribution in [3.8, 4) is 0 Å². The van der Waals surface area contributed by atoms with E-state index < -0.39 is 5.60 Å². The molecule has 5 rings (SSSR count). The van der Waals surface area contributed by atoms with Gasteiger partial charge in [0.15, 0.2) is 0 Å². The number of hydrogen-bond acceptors (Lipinski definition) is 1. The second kappa shape index (κ2) is 3.01. The quantitative estimate of drug-likeness (QED) is 0.668. The summed E-state index contributed by atoms with van der Waals surface area (Å²) < 4.78 is 0. The highest BCUT2D eigenvalue weighted by Crippen LogP contribution is 2.56. The molecular weight excluding hydrogens is 196 g/mol. The third-order valence-electron chi connectivity index (χ3n) is 5.61. The van der Waals surface area contributed by atoms with Crippen LogP contribution in [0, 0.1) is 23.7 Å². The Kier molecular flexibility index (Phi) is 1.78. The molecule has 0 heterocycles. The van der Waals surface area contributed by atoms with Gasteiger partial charge in [0.1, 0.15) is 0 Å². The molecule has 0 spiro atoms. The summed E-state index contributed by atoms with van der Waals surface area (Å²) in [5.41, 5.74) is 0.986. The Morgan fingerprint density at radius 2 is 2.06 bits per heavy atom. The zero-order valence-corrected chi connectivity index (χ0v) is 9.73. The topological polar surface area (TPSA) is 20.2 Å². The van der Waals surface area contributed by atoms with Gasteiger partial charge in [0.2, 0.25) is 0 Å². The van der Waals surface area contributed by atoms with Crippen molar-refractivity contribution in [3.05, 3.63) is 23.8 Å². The van der Waals surface area contributed by atoms with Gasteiger partial charge in [0, 0.05) is 5.92 Å². The van der Waals surface area contributed by atoms with Crippen LogP contribution >= 0.6 is 0 Å². The largest absolute Gasteiger partial charge is 0.385 e. The van der Waals surface area contributed by atoms with Crippen LogP contribution in [-0.4, -0.2) is 10.7 Å². The first-order chi connectivity index (χ1) is 7.77. The highest BCUT2D eigenvalue weighted by atomic mass is 16.3. The Labute approximate surface area is 97.2 Å². The van der Waals surface area contributed by atoms with Gasteiger partial charge < -0.3 is 5.11 Å². The maximum Gasteiger partial charge on any atom is 0.0927 e. The van der Waals surface area contributed by atoms with Crippen LogP contribution in [0.15, 0.2) is 23.8 Å². The lowest BCUT2D eigenvalue weighted by molar-refractivity contribution is -0.0305. The fourth-order valence-electron chi connectivity index (χ4n) is 4.52. The molecular formula is C15H20O. The molecule has 0 unspecified atom stereocenters. The standard InChI is InChI=1S/C15H20O/c16-15(9-10-1-5-12(15)6-2-10)14-8-4-11-3-7-13(11)14/h1,5,8,10-13,16H,2-4,6-7,9H2/t10-,11-,12+,13-,15+/m0/s1. The van der Waals surface area contributed by atoms with Crippen LogP contribution in [0.4, 0.5) is 0 Å². The highest BCUT2D eigenvalue weighted by molar-refractivity contribution is 5.34. The van der Waals surface area contributed by atoms with Gasteiger partial charge in [-0.15, -0.1) is 0 Å². The molecule has 2 fully saturated rings. The maximum absolute atomic E-state index is 11.1. The van der Waals surface area contributed by atoms with Crippen LogP contribution in [-0.2, 0) is 0 Å². The third-order valence-corrected chi connectivity index (χ3v) is 5.61. The lowest BCUT2D eigenvalue weighted by Crippen LogP contribution is -2.49. The van der Waals surface area contributed by atoms with E-state index in [0.717, 1.165) is 18.3 Å². The van der Waals surface area contributed by atoms with Crippen LogP contribution in [0.25, 0.3) is 0 Å². The van der Waals surface area contributed by atoms with Crippen molar-refractivity contribution in [2.24, 2.45) is 23.7 Å². The van der Waals surface area contributed by atoms with Crippen molar-refractivity contribution < 1.29 is 5.11 Å².